The Labute approximate surface area is 168 Å². The third-order valence-corrected chi connectivity index (χ3v) is 7.42. The predicted molar refractivity (Wildman–Crippen MR) is 109 cm³/mol. The van der Waals surface area contributed by atoms with Crippen LogP contribution in [0.15, 0.2) is 40.6 Å². The van der Waals surface area contributed by atoms with Gasteiger partial charge in [-0.15, -0.1) is 11.3 Å². The summed E-state index contributed by atoms with van der Waals surface area (Å²) in [6.45, 7) is 5.11. The minimum atomic E-state index is -3.60. The highest BCUT2D eigenvalue weighted by Gasteiger charge is 2.31. The van der Waals surface area contributed by atoms with Crippen molar-refractivity contribution in [2.24, 2.45) is 17.6 Å². The normalized spacial score (nSPS) is 20.6. The van der Waals surface area contributed by atoms with E-state index in [1.54, 1.807) is 11.4 Å². The van der Waals surface area contributed by atoms with E-state index in [0.29, 0.717) is 35.5 Å². The van der Waals surface area contributed by atoms with Gasteiger partial charge in [0.1, 0.15) is 5.00 Å². The second kappa shape index (κ2) is 8.02. The number of hydrogen-bond donors (Lipinski definition) is 2. The van der Waals surface area contributed by atoms with E-state index in [9.17, 15) is 18.0 Å². The quantitative estimate of drug-likeness (QED) is 0.773. The van der Waals surface area contributed by atoms with Crippen molar-refractivity contribution in [2.75, 3.05) is 18.4 Å². The first-order chi connectivity index (χ1) is 13.2. The highest BCUT2D eigenvalue weighted by Crippen LogP contribution is 2.27. The van der Waals surface area contributed by atoms with Crippen molar-refractivity contribution in [1.82, 2.24) is 4.31 Å². The first-order valence-corrected chi connectivity index (χ1v) is 11.3. The van der Waals surface area contributed by atoms with E-state index in [1.807, 2.05) is 0 Å². The summed E-state index contributed by atoms with van der Waals surface area (Å²) < 4.78 is 27.3. The maximum atomic E-state index is 12.9. The lowest BCUT2D eigenvalue weighted by Crippen LogP contribution is -2.42. The molecule has 2 amide bonds. The third-order valence-electron chi connectivity index (χ3n) is 4.75. The molecule has 1 saturated heterocycles. The zero-order valence-electron chi connectivity index (χ0n) is 15.7. The Kier molecular flexibility index (Phi) is 5.87. The molecule has 2 atom stereocenters. The molecular weight excluding hydrogens is 398 g/mol. The van der Waals surface area contributed by atoms with Crippen LogP contribution in [0.1, 0.15) is 41.0 Å². The minimum Gasteiger partial charge on any atom is -0.366 e. The zero-order chi connectivity index (χ0) is 20.5. The lowest BCUT2D eigenvalue weighted by Gasteiger charge is -2.34. The van der Waals surface area contributed by atoms with Crippen molar-refractivity contribution in [3.63, 3.8) is 0 Å². The number of thiophene rings is 1. The van der Waals surface area contributed by atoms with Crippen molar-refractivity contribution >= 4 is 38.2 Å². The largest absolute Gasteiger partial charge is 0.366 e. The molecule has 0 saturated carbocycles. The molecule has 3 rings (SSSR count). The van der Waals surface area contributed by atoms with Gasteiger partial charge in [-0.3, -0.25) is 9.59 Å². The molecule has 2 aromatic rings. The van der Waals surface area contributed by atoms with Gasteiger partial charge in [0.2, 0.25) is 10.0 Å². The highest BCUT2D eigenvalue weighted by atomic mass is 32.2. The Morgan fingerprint density at radius 1 is 1.11 bits per heavy atom. The van der Waals surface area contributed by atoms with Crippen LogP contribution in [0, 0.1) is 11.8 Å². The summed E-state index contributed by atoms with van der Waals surface area (Å²) in [7, 11) is -3.60. The third kappa shape index (κ3) is 4.26. The molecule has 150 valence electrons. The molecule has 0 spiro atoms. The Balaban J connectivity index is 1.76. The summed E-state index contributed by atoms with van der Waals surface area (Å²) >= 11 is 1.19. The number of carbonyl (C=O) groups is 2. The van der Waals surface area contributed by atoms with Crippen LogP contribution >= 0.6 is 11.3 Å². The van der Waals surface area contributed by atoms with Crippen molar-refractivity contribution in [1.29, 1.82) is 0 Å². The summed E-state index contributed by atoms with van der Waals surface area (Å²) in [5, 5.41) is 4.67. The summed E-state index contributed by atoms with van der Waals surface area (Å²) in [4.78, 5) is 23.9. The fourth-order valence-electron chi connectivity index (χ4n) is 3.50. The van der Waals surface area contributed by atoms with Crippen LogP contribution in [-0.2, 0) is 10.0 Å². The number of piperidine rings is 1. The Morgan fingerprint density at radius 3 is 2.29 bits per heavy atom. The van der Waals surface area contributed by atoms with E-state index in [0.717, 1.165) is 6.42 Å². The Hall–Kier alpha value is -2.23. The molecule has 1 fully saturated rings. The summed E-state index contributed by atoms with van der Waals surface area (Å²) in [6.07, 6.45) is 1.02. The maximum absolute atomic E-state index is 12.9. The molecule has 0 radical (unpaired) electrons. The van der Waals surface area contributed by atoms with E-state index < -0.39 is 21.8 Å². The number of primary amides is 1. The molecule has 9 heteroatoms. The number of hydrogen-bond acceptors (Lipinski definition) is 5. The highest BCUT2D eigenvalue weighted by molar-refractivity contribution is 7.89. The maximum Gasteiger partial charge on any atom is 0.256 e. The Morgan fingerprint density at radius 2 is 1.71 bits per heavy atom. The molecule has 1 aliphatic heterocycles. The minimum absolute atomic E-state index is 0.166. The first-order valence-electron chi connectivity index (χ1n) is 8.97. The van der Waals surface area contributed by atoms with Gasteiger partial charge in [-0.2, -0.15) is 4.31 Å². The number of carbonyl (C=O) groups excluding carboxylic acids is 2. The Bertz CT molecular complexity index is 973. The molecule has 1 aromatic carbocycles. The zero-order valence-corrected chi connectivity index (χ0v) is 17.3. The fraction of sp³-hybridized carbons (Fsp3) is 0.368. The molecule has 3 N–H and O–H groups in total. The van der Waals surface area contributed by atoms with E-state index in [1.165, 1.54) is 39.9 Å². The molecule has 1 aliphatic rings. The van der Waals surface area contributed by atoms with Crippen molar-refractivity contribution in [3.8, 4) is 0 Å². The number of nitrogens with one attached hydrogen (secondary N) is 1. The van der Waals surface area contributed by atoms with Crippen molar-refractivity contribution in [3.05, 3.63) is 46.8 Å². The second-order valence-electron chi connectivity index (χ2n) is 7.27. The monoisotopic (exact) mass is 421 g/mol. The van der Waals surface area contributed by atoms with Gasteiger partial charge in [-0.25, -0.2) is 8.42 Å². The number of benzene rings is 1. The van der Waals surface area contributed by atoms with Crippen LogP contribution < -0.4 is 11.1 Å². The number of rotatable bonds is 5. The molecule has 0 unspecified atom stereocenters. The summed E-state index contributed by atoms with van der Waals surface area (Å²) in [5.74, 6) is -0.431. The van der Waals surface area contributed by atoms with Gasteiger partial charge in [0.15, 0.2) is 0 Å². The van der Waals surface area contributed by atoms with Crippen molar-refractivity contribution in [2.45, 2.75) is 25.2 Å². The molecule has 28 heavy (non-hydrogen) atoms. The summed E-state index contributed by atoms with van der Waals surface area (Å²) in [6, 6.07) is 7.36. The van der Waals surface area contributed by atoms with Gasteiger partial charge in [-0.05, 0) is 54.0 Å². The average molecular weight is 422 g/mol. The van der Waals surface area contributed by atoms with E-state index in [2.05, 4.69) is 19.2 Å². The standard InChI is InChI=1S/C19H23N3O4S2/c1-12-9-13(2)11-22(10-12)28(25,26)15-5-3-14(4-6-15)18(24)21-19-16(17(20)23)7-8-27-19/h3-8,12-13H,9-11H2,1-2H3,(H2,20,23)(H,21,24)/t12-,13+. The number of anilines is 1. The number of amides is 2. The lowest BCUT2D eigenvalue weighted by atomic mass is 9.94. The average Bonchev–Trinajstić information content (AvgIpc) is 3.09. The predicted octanol–water partition coefficient (Wildman–Crippen LogP) is 2.77. The smallest absolute Gasteiger partial charge is 0.256 e. The molecule has 7 nitrogen and oxygen atoms in total. The SMILES string of the molecule is C[C@@H]1C[C@H](C)CN(S(=O)(=O)c2ccc(C(=O)Nc3sccc3C(N)=O)cc2)C1. The van der Waals surface area contributed by atoms with Crippen molar-refractivity contribution < 1.29 is 18.0 Å². The topological polar surface area (TPSA) is 110 Å². The molecule has 0 bridgehead atoms. The van der Waals surface area contributed by atoms with Gasteiger partial charge in [0.05, 0.1) is 10.5 Å². The van der Waals surface area contributed by atoms with Crippen LogP contribution in [0.25, 0.3) is 0 Å². The van der Waals surface area contributed by atoms with E-state index >= 15 is 0 Å². The van der Waals surface area contributed by atoms with E-state index in [-0.39, 0.29) is 10.5 Å². The van der Waals surface area contributed by atoms with Gasteiger partial charge in [-0.1, -0.05) is 13.8 Å². The number of nitrogens with two attached hydrogens (primary N) is 1. The van der Waals surface area contributed by atoms with E-state index in [4.69, 9.17) is 5.73 Å². The summed E-state index contributed by atoms with van der Waals surface area (Å²) in [5.41, 5.74) is 5.81. The molecule has 1 aromatic heterocycles. The number of sulfonamides is 1. The first kappa shape index (κ1) is 20.5. The second-order valence-corrected chi connectivity index (χ2v) is 10.1. The van der Waals surface area contributed by atoms with Gasteiger partial charge in [0, 0.05) is 18.7 Å². The van der Waals surface area contributed by atoms with Gasteiger partial charge in [0.25, 0.3) is 11.8 Å². The fourth-order valence-corrected chi connectivity index (χ4v) is 5.97. The molecule has 2 heterocycles. The molecule has 0 aliphatic carbocycles. The van der Waals surface area contributed by atoms with Crippen LogP contribution in [0.4, 0.5) is 5.00 Å². The lowest BCUT2D eigenvalue weighted by molar-refractivity contribution is 0.100. The number of nitrogens with zero attached hydrogens (tertiary/aromatic N) is 1. The van der Waals surface area contributed by atoms with Gasteiger partial charge >= 0.3 is 0 Å². The van der Waals surface area contributed by atoms with Gasteiger partial charge < -0.3 is 11.1 Å². The van der Waals surface area contributed by atoms with Crippen LogP contribution in [0.2, 0.25) is 0 Å². The molecular formula is C19H23N3O4S2. The van der Waals surface area contributed by atoms with Crippen LogP contribution in [0.5, 0.6) is 0 Å². The van der Waals surface area contributed by atoms with Crippen LogP contribution in [0.3, 0.4) is 0 Å². The van der Waals surface area contributed by atoms with Crippen LogP contribution in [-0.4, -0.2) is 37.6 Å².